The number of Topliss-reactive ketones (excluding diaryl/α,β-unsaturated/α-hetero) is 1. The highest BCUT2D eigenvalue weighted by atomic mass is 19.1. The number of nitrogens with zero attached hydrogens (tertiary/aromatic N) is 2. The third-order valence-electron chi connectivity index (χ3n) is 6.51. The Morgan fingerprint density at radius 1 is 1.31 bits per heavy atom. The van der Waals surface area contributed by atoms with Gasteiger partial charge in [0.15, 0.2) is 17.2 Å². The number of aryl methyl sites for hydroxylation is 1. The number of rotatable bonds is 7. The molecule has 0 bridgehead atoms. The van der Waals surface area contributed by atoms with E-state index in [-0.39, 0.29) is 35.6 Å². The molecule has 1 aromatic carbocycles. The zero-order valence-electron chi connectivity index (χ0n) is 17.9. The molecule has 32 heavy (non-hydrogen) atoms. The van der Waals surface area contributed by atoms with Gasteiger partial charge in [-0.2, -0.15) is 0 Å². The smallest absolute Gasteiger partial charge is 0.275 e. The summed E-state index contributed by atoms with van der Waals surface area (Å²) in [6.07, 6.45) is 1.80. The van der Waals surface area contributed by atoms with E-state index in [4.69, 9.17) is 4.74 Å². The summed E-state index contributed by atoms with van der Waals surface area (Å²) in [5.41, 5.74) is -1.65. The van der Waals surface area contributed by atoms with E-state index >= 15 is 0 Å². The van der Waals surface area contributed by atoms with Crippen molar-refractivity contribution in [2.24, 2.45) is 5.92 Å². The highest BCUT2D eigenvalue weighted by molar-refractivity contribution is 6.00. The molecule has 1 saturated carbocycles. The quantitative estimate of drug-likeness (QED) is 0.661. The van der Waals surface area contributed by atoms with Gasteiger partial charge in [0.1, 0.15) is 11.6 Å². The molecule has 2 aromatic rings. The number of methoxy groups -OCH3 is 1. The maximum atomic E-state index is 13.9. The number of pyridine rings is 1. The van der Waals surface area contributed by atoms with E-state index in [2.05, 4.69) is 0 Å². The molecule has 1 aromatic heterocycles. The van der Waals surface area contributed by atoms with Gasteiger partial charge in [-0.15, -0.1) is 0 Å². The van der Waals surface area contributed by atoms with Crippen LogP contribution in [0.5, 0.6) is 5.75 Å². The van der Waals surface area contributed by atoms with Crippen LogP contribution in [-0.2, 0) is 17.7 Å². The molecule has 0 saturated heterocycles. The van der Waals surface area contributed by atoms with E-state index in [1.807, 2.05) is 6.92 Å². The number of fused-ring (bicyclic) bond motifs is 1. The Bertz CT molecular complexity index is 1160. The first-order chi connectivity index (χ1) is 15.2. The first-order valence-corrected chi connectivity index (χ1v) is 10.5. The summed E-state index contributed by atoms with van der Waals surface area (Å²) < 4.78 is 33.7. The number of likely N-dealkylation sites (N-methyl/N-ethyl adjacent to an activating group) is 1. The zero-order chi connectivity index (χ0) is 23.2. The van der Waals surface area contributed by atoms with Gasteiger partial charge in [0.25, 0.3) is 5.91 Å². The van der Waals surface area contributed by atoms with Crippen LogP contribution >= 0.6 is 0 Å². The van der Waals surface area contributed by atoms with Crippen LogP contribution in [0.4, 0.5) is 8.78 Å². The molecule has 1 aliphatic heterocycles. The number of amides is 1. The summed E-state index contributed by atoms with van der Waals surface area (Å²) in [6, 6.07) is 3.08. The van der Waals surface area contributed by atoms with Crippen molar-refractivity contribution in [3.05, 3.63) is 63.1 Å². The number of carbonyl (C=O) groups is 2. The maximum absolute atomic E-state index is 13.9. The first-order valence-electron chi connectivity index (χ1n) is 10.5. The monoisotopic (exact) mass is 446 g/mol. The van der Waals surface area contributed by atoms with Crippen molar-refractivity contribution in [3.63, 3.8) is 0 Å². The van der Waals surface area contributed by atoms with Crippen molar-refractivity contribution in [2.45, 2.75) is 38.3 Å². The van der Waals surface area contributed by atoms with Gasteiger partial charge in [-0.25, -0.2) is 8.78 Å². The third kappa shape index (κ3) is 3.50. The average molecular weight is 446 g/mol. The Kier molecular flexibility index (Phi) is 5.62. The Labute approximate surface area is 183 Å². The third-order valence-corrected chi connectivity index (χ3v) is 6.51. The van der Waals surface area contributed by atoms with E-state index in [1.54, 1.807) is 12.0 Å². The van der Waals surface area contributed by atoms with Gasteiger partial charge in [0.2, 0.25) is 5.43 Å². The van der Waals surface area contributed by atoms with Crippen LogP contribution in [-0.4, -0.2) is 52.1 Å². The van der Waals surface area contributed by atoms with E-state index in [0.717, 1.165) is 18.6 Å². The lowest BCUT2D eigenvalue weighted by Crippen LogP contribution is -2.52. The molecule has 1 fully saturated rings. The minimum absolute atomic E-state index is 0.0324. The molecular weight excluding hydrogens is 422 g/mol. The number of aromatic nitrogens is 1. The molecule has 0 radical (unpaired) electrons. The second-order valence-electron chi connectivity index (χ2n) is 8.37. The summed E-state index contributed by atoms with van der Waals surface area (Å²) in [5, 5.41) is 10.5. The fourth-order valence-corrected chi connectivity index (χ4v) is 4.78. The SMILES string of the molecule is CCN1C(=O)c2c(O)c(=O)c(C(=O)CCc3ccc(F)cc3F)cn2C[C@@]12C[C@@H]2COC. The van der Waals surface area contributed by atoms with Crippen molar-refractivity contribution < 1.29 is 28.2 Å². The van der Waals surface area contributed by atoms with Gasteiger partial charge >= 0.3 is 0 Å². The van der Waals surface area contributed by atoms with Gasteiger partial charge in [0, 0.05) is 44.8 Å². The van der Waals surface area contributed by atoms with Gasteiger partial charge in [0.05, 0.1) is 17.7 Å². The topological polar surface area (TPSA) is 88.8 Å². The van der Waals surface area contributed by atoms with Crippen molar-refractivity contribution >= 4 is 11.7 Å². The first kappa shape index (κ1) is 22.1. The Hall–Kier alpha value is -3.07. The number of benzene rings is 1. The predicted octanol–water partition coefficient (Wildman–Crippen LogP) is 2.53. The molecule has 1 N–H and O–H groups in total. The molecule has 2 aliphatic rings. The standard InChI is InChI=1S/C23H24F2N2O5/c1-3-27-22(31)19-21(30)20(29)16(10-26(19)12-23(27)9-14(23)11-32-2)18(28)7-5-13-4-6-15(24)8-17(13)25/h4,6,8,10,14,30H,3,5,7,9,11-12H2,1-2H3/t14-,23-/m1/s1. The van der Waals surface area contributed by atoms with Gasteiger partial charge in [-0.3, -0.25) is 14.4 Å². The van der Waals surface area contributed by atoms with Gasteiger partial charge in [-0.05, 0) is 31.4 Å². The van der Waals surface area contributed by atoms with E-state index in [9.17, 15) is 28.3 Å². The van der Waals surface area contributed by atoms with E-state index in [0.29, 0.717) is 19.7 Å². The number of aromatic hydroxyl groups is 1. The van der Waals surface area contributed by atoms with Crippen LogP contribution < -0.4 is 5.43 Å². The number of hydrogen-bond donors (Lipinski definition) is 1. The number of halogens is 2. The highest BCUT2D eigenvalue weighted by Crippen LogP contribution is 2.52. The molecule has 2 atom stereocenters. The summed E-state index contributed by atoms with van der Waals surface area (Å²) in [4.78, 5) is 40.2. The van der Waals surface area contributed by atoms with Crippen molar-refractivity contribution in [3.8, 4) is 5.75 Å². The fourth-order valence-electron chi connectivity index (χ4n) is 4.78. The number of ketones is 1. The van der Waals surface area contributed by atoms with Crippen LogP contribution in [0, 0.1) is 17.6 Å². The summed E-state index contributed by atoms with van der Waals surface area (Å²) in [6.45, 7) is 3.05. The molecule has 1 spiro atoms. The molecule has 9 heteroatoms. The van der Waals surface area contributed by atoms with E-state index in [1.165, 1.54) is 16.8 Å². The maximum Gasteiger partial charge on any atom is 0.275 e. The summed E-state index contributed by atoms with van der Waals surface area (Å²) in [7, 11) is 1.59. The Morgan fingerprint density at radius 3 is 2.72 bits per heavy atom. The number of ether oxygens (including phenoxy) is 1. The lowest BCUT2D eigenvalue weighted by molar-refractivity contribution is 0.0491. The van der Waals surface area contributed by atoms with Crippen molar-refractivity contribution in [1.29, 1.82) is 0 Å². The van der Waals surface area contributed by atoms with E-state index < -0.39 is 40.0 Å². The summed E-state index contributed by atoms with van der Waals surface area (Å²) >= 11 is 0. The zero-order valence-corrected chi connectivity index (χ0v) is 17.9. The summed E-state index contributed by atoms with van der Waals surface area (Å²) in [5.74, 6) is -3.18. The molecule has 170 valence electrons. The number of hydrogen-bond acceptors (Lipinski definition) is 5. The number of carbonyl (C=O) groups excluding carboxylic acids is 2. The second-order valence-corrected chi connectivity index (χ2v) is 8.37. The van der Waals surface area contributed by atoms with Gasteiger partial charge in [-0.1, -0.05) is 6.07 Å². The predicted molar refractivity (Wildman–Crippen MR) is 111 cm³/mol. The normalized spacial score (nSPS) is 21.7. The average Bonchev–Trinajstić information content (AvgIpc) is 3.41. The van der Waals surface area contributed by atoms with Crippen molar-refractivity contribution in [2.75, 3.05) is 20.3 Å². The van der Waals surface area contributed by atoms with Crippen LogP contribution in [0.15, 0.2) is 29.2 Å². The molecule has 2 heterocycles. The molecule has 4 rings (SSSR count). The highest BCUT2D eigenvalue weighted by Gasteiger charge is 2.61. The molecular formula is C23H24F2N2O5. The second kappa shape index (κ2) is 8.12. The minimum Gasteiger partial charge on any atom is -0.503 e. The lowest BCUT2D eigenvalue weighted by Gasteiger charge is -2.39. The van der Waals surface area contributed by atoms with Crippen LogP contribution in [0.2, 0.25) is 0 Å². The van der Waals surface area contributed by atoms with Crippen LogP contribution in [0.25, 0.3) is 0 Å². The largest absolute Gasteiger partial charge is 0.503 e. The van der Waals surface area contributed by atoms with Crippen LogP contribution in [0.1, 0.15) is 46.2 Å². The van der Waals surface area contributed by atoms with Crippen molar-refractivity contribution in [1.82, 2.24) is 9.47 Å². The molecule has 1 amide bonds. The molecule has 0 unspecified atom stereocenters. The van der Waals surface area contributed by atoms with Crippen LogP contribution in [0.3, 0.4) is 0 Å². The van der Waals surface area contributed by atoms with Gasteiger partial charge < -0.3 is 19.3 Å². The Balaban J connectivity index is 1.64. The lowest BCUT2D eigenvalue weighted by atomic mass is 10.0. The molecule has 7 nitrogen and oxygen atoms in total. The minimum atomic E-state index is -0.926. The fraction of sp³-hybridized carbons (Fsp3) is 0.435. The Morgan fingerprint density at radius 2 is 2.06 bits per heavy atom. The molecule has 1 aliphatic carbocycles.